The summed E-state index contributed by atoms with van der Waals surface area (Å²) in [5.41, 5.74) is 3.97. The molecular formula is C28H36OSSi. The van der Waals surface area contributed by atoms with E-state index < -0.39 is 8.32 Å². The lowest BCUT2D eigenvalue weighted by Gasteiger charge is -2.37. The molecule has 0 bridgehead atoms. The molecule has 0 radical (unpaired) electrons. The van der Waals surface area contributed by atoms with Gasteiger partial charge in [0.2, 0.25) is 0 Å². The van der Waals surface area contributed by atoms with Gasteiger partial charge in [-0.25, -0.2) is 0 Å². The third-order valence-corrected chi connectivity index (χ3v) is 12.6. The van der Waals surface area contributed by atoms with Crippen LogP contribution in [0.15, 0.2) is 91.0 Å². The molecule has 164 valence electrons. The first-order chi connectivity index (χ1) is 14.8. The third-order valence-electron chi connectivity index (χ3n) is 6.42. The highest BCUT2D eigenvalue weighted by atomic mass is 32.2. The standard InChI is InChI=1S/C28H36OSSi/c1-27(2,3)31(4,5)29-22-15-23-30-28(24-16-9-6-10-17-24,25-18-11-7-12-19-25)26-20-13-8-14-21-26/h6-14,16-21H,15,22-23H2,1-5H3. The van der Waals surface area contributed by atoms with Crippen molar-refractivity contribution in [2.75, 3.05) is 12.4 Å². The van der Waals surface area contributed by atoms with E-state index >= 15 is 0 Å². The Bertz CT molecular complexity index is 821. The molecule has 3 aromatic rings. The van der Waals surface area contributed by atoms with E-state index in [0.29, 0.717) is 0 Å². The first kappa shape index (κ1) is 23.8. The van der Waals surface area contributed by atoms with Gasteiger partial charge in [-0.15, -0.1) is 11.8 Å². The van der Waals surface area contributed by atoms with E-state index in [1.165, 1.54) is 16.7 Å². The maximum absolute atomic E-state index is 6.45. The maximum atomic E-state index is 6.45. The Balaban J connectivity index is 1.88. The second-order valence-electron chi connectivity index (χ2n) is 9.59. The number of benzene rings is 3. The average Bonchev–Trinajstić information content (AvgIpc) is 2.77. The summed E-state index contributed by atoms with van der Waals surface area (Å²) < 4.78 is 6.22. The molecule has 3 rings (SSSR count). The van der Waals surface area contributed by atoms with Crippen LogP contribution < -0.4 is 0 Å². The zero-order chi connectivity index (χ0) is 22.4. The van der Waals surface area contributed by atoms with Crippen LogP contribution in [0.1, 0.15) is 43.9 Å². The van der Waals surface area contributed by atoms with Crippen LogP contribution in [0.25, 0.3) is 0 Å². The van der Waals surface area contributed by atoms with Gasteiger partial charge in [0.05, 0.1) is 4.75 Å². The molecule has 0 aliphatic carbocycles. The van der Waals surface area contributed by atoms with Crippen LogP contribution in [-0.2, 0) is 9.17 Å². The predicted molar refractivity (Wildman–Crippen MR) is 139 cm³/mol. The molecule has 0 saturated carbocycles. The summed E-state index contributed by atoms with van der Waals surface area (Å²) in [6.45, 7) is 12.4. The van der Waals surface area contributed by atoms with Crippen molar-refractivity contribution < 1.29 is 4.43 Å². The van der Waals surface area contributed by atoms with Crippen LogP contribution >= 0.6 is 11.8 Å². The van der Waals surface area contributed by atoms with Crippen LogP contribution in [0, 0.1) is 0 Å². The molecule has 3 heteroatoms. The normalized spacial score (nSPS) is 12.7. The van der Waals surface area contributed by atoms with E-state index in [4.69, 9.17) is 4.43 Å². The molecule has 0 atom stereocenters. The molecule has 0 amide bonds. The van der Waals surface area contributed by atoms with E-state index in [1.54, 1.807) is 0 Å². The summed E-state index contributed by atoms with van der Waals surface area (Å²) in [6.07, 6.45) is 1.05. The summed E-state index contributed by atoms with van der Waals surface area (Å²) in [6, 6.07) is 32.8. The number of hydrogen-bond donors (Lipinski definition) is 0. The first-order valence-electron chi connectivity index (χ1n) is 11.2. The zero-order valence-electron chi connectivity index (χ0n) is 19.6. The van der Waals surface area contributed by atoms with Crippen LogP contribution in [0.2, 0.25) is 18.1 Å². The van der Waals surface area contributed by atoms with E-state index in [-0.39, 0.29) is 9.79 Å². The highest BCUT2D eigenvalue weighted by molar-refractivity contribution is 8.00. The molecular weight excluding hydrogens is 412 g/mol. The molecule has 31 heavy (non-hydrogen) atoms. The Hall–Kier alpha value is -1.81. The van der Waals surface area contributed by atoms with Crippen molar-refractivity contribution in [1.29, 1.82) is 0 Å². The van der Waals surface area contributed by atoms with Gasteiger partial charge < -0.3 is 4.43 Å². The van der Waals surface area contributed by atoms with Gasteiger partial charge in [-0.3, -0.25) is 0 Å². The monoisotopic (exact) mass is 448 g/mol. The van der Waals surface area contributed by atoms with Gasteiger partial charge in [0.25, 0.3) is 0 Å². The lowest BCUT2D eigenvalue weighted by Crippen LogP contribution is -2.41. The fraction of sp³-hybridized carbons (Fsp3) is 0.357. The van der Waals surface area contributed by atoms with Crippen LogP contribution in [-0.4, -0.2) is 20.7 Å². The summed E-state index contributed by atoms with van der Waals surface area (Å²) >= 11 is 2.02. The molecule has 3 aromatic carbocycles. The molecule has 1 nitrogen and oxygen atoms in total. The average molecular weight is 449 g/mol. The third kappa shape index (κ3) is 5.52. The van der Waals surface area contributed by atoms with Crippen molar-refractivity contribution >= 4 is 20.1 Å². The van der Waals surface area contributed by atoms with Crippen molar-refractivity contribution in [3.8, 4) is 0 Å². The lowest BCUT2D eigenvalue weighted by atomic mass is 9.84. The largest absolute Gasteiger partial charge is 0.417 e. The lowest BCUT2D eigenvalue weighted by molar-refractivity contribution is 0.289. The summed E-state index contributed by atoms with van der Waals surface area (Å²) in [5, 5.41) is 0.252. The molecule has 0 aromatic heterocycles. The quantitative estimate of drug-likeness (QED) is 0.186. The molecule has 0 fully saturated rings. The van der Waals surface area contributed by atoms with Crippen LogP contribution in [0.5, 0.6) is 0 Å². The number of thioether (sulfide) groups is 1. The fourth-order valence-electron chi connectivity index (χ4n) is 3.60. The first-order valence-corrected chi connectivity index (χ1v) is 15.1. The molecule has 0 spiro atoms. The van der Waals surface area contributed by atoms with E-state index in [2.05, 4.69) is 125 Å². The minimum atomic E-state index is -1.70. The highest BCUT2D eigenvalue weighted by Crippen LogP contribution is 2.48. The Labute approximate surface area is 194 Å². The molecule has 0 heterocycles. The Morgan fingerprint density at radius 3 is 1.42 bits per heavy atom. The van der Waals surface area contributed by atoms with E-state index in [1.807, 2.05) is 11.8 Å². The van der Waals surface area contributed by atoms with Gasteiger partial charge in [0.1, 0.15) is 0 Å². The van der Waals surface area contributed by atoms with Crippen LogP contribution in [0.4, 0.5) is 0 Å². The maximum Gasteiger partial charge on any atom is 0.191 e. The fourth-order valence-corrected chi connectivity index (χ4v) is 6.16. The topological polar surface area (TPSA) is 9.23 Å². The molecule has 0 aliphatic heterocycles. The van der Waals surface area contributed by atoms with Crippen molar-refractivity contribution in [3.63, 3.8) is 0 Å². The summed E-state index contributed by atoms with van der Waals surface area (Å²) in [5.74, 6) is 1.04. The predicted octanol–water partition coefficient (Wildman–Crippen LogP) is 8.12. The molecule has 0 aliphatic rings. The van der Waals surface area contributed by atoms with Gasteiger partial charge in [-0.05, 0) is 47.0 Å². The molecule has 0 unspecified atom stereocenters. The van der Waals surface area contributed by atoms with Crippen molar-refractivity contribution in [2.45, 2.75) is 50.1 Å². The Morgan fingerprint density at radius 2 is 1.06 bits per heavy atom. The number of hydrogen-bond acceptors (Lipinski definition) is 2. The van der Waals surface area contributed by atoms with Gasteiger partial charge in [-0.2, -0.15) is 0 Å². The molecule has 0 saturated heterocycles. The van der Waals surface area contributed by atoms with Crippen molar-refractivity contribution in [2.24, 2.45) is 0 Å². The second-order valence-corrected chi connectivity index (χ2v) is 15.7. The number of rotatable bonds is 9. The van der Waals surface area contributed by atoms with Gasteiger partial charge in [0, 0.05) is 6.61 Å². The summed E-state index contributed by atoms with van der Waals surface area (Å²) in [7, 11) is -1.70. The van der Waals surface area contributed by atoms with Crippen molar-refractivity contribution in [1.82, 2.24) is 0 Å². The Kier molecular flexibility index (Phi) is 7.85. The second kappa shape index (κ2) is 10.2. The van der Waals surface area contributed by atoms with E-state index in [0.717, 1.165) is 18.8 Å². The van der Waals surface area contributed by atoms with Gasteiger partial charge in [0.15, 0.2) is 8.32 Å². The SMILES string of the molecule is CC(C)(C)[Si](C)(C)OCCCSC(c1ccccc1)(c1ccccc1)c1ccccc1. The minimum absolute atomic E-state index is 0.235. The van der Waals surface area contributed by atoms with Crippen molar-refractivity contribution in [3.05, 3.63) is 108 Å². The molecule has 0 N–H and O–H groups in total. The summed E-state index contributed by atoms with van der Waals surface area (Å²) in [4.78, 5) is 0. The van der Waals surface area contributed by atoms with E-state index in [9.17, 15) is 0 Å². The van der Waals surface area contributed by atoms with Gasteiger partial charge >= 0.3 is 0 Å². The van der Waals surface area contributed by atoms with Crippen LogP contribution in [0.3, 0.4) is 0 Å². The highest BCUT2D eigenvalue weighted by Gasteiger charge is 2.38. The minimum Gasteiger partial charge on any atom is -0.417 e. The smallest absolute Gasteiger partial charge is 0.191 e. The zero-order valence-corrected chi connectivity index (χ0v) is 21.4. The van der Waals surface area contributed by atoms with Gasteiger partial charge in [-0.1, -0.05) is 112 Å². The Morgan fingerprint density at radius 1 is 0.677 bits per heavy atom.